The zero-order chi connectivity index (χ0) is 16.4. The van der Waals surface area contributed by atoms with E-state index in [-0.39, 0.29) is 11.0 Å². The van der Waals surface area contributed by atoms with Crippen LogP contribution < -0.4 is 10.0 Å². The Bertz CT molecular complexity index is 831. The Kier molecular flexibility index (Phi) is 3.96. The normalized spacial score (nSPS) is 17.4. The number of alkyl carbamates (subject to hydrolysis) is 1. The molecule has 6 nitrogen and oxygen atoms in total. The number of ether oxygens (including phenoxy) is 1. The molecule has 2 aromatic carbocycles. The molecule has 0 aliphatic carbocycles. The van der Waals surface area contributed by atoms with Crippen LogP contribution in [0.5, 0.6) is 0 Å². The van der Waals surface area contributed by atoms with Gasteiger partial charge in [-0.3, -0.25) is 4.72 Å². The van der Waals surface area contributed by atoms with Crippen LogP contribution in [0.25, 0.3) is 0 Å². The lowest BCUT2D eigenvalue weighted by Gasteiger charge is -2.11. The SMILES string of the molecule is Cc1cccc(S(=O)(=O)Nc2ccc(C3CNC(=O)O3)cc2)c1. The van der Waals surface area contributed by atoms with Crippen molar-refractivity contribution in [2.24, 2.45) is 0 Å². The maximum absolute atomic E-state index is 12.3. The van der Waals surface area contributed by atoms with Gasteiger partial charge in [0.25, 0.3) is 10.0 Å². The highest BCUT2D eigenvalue weighted by Gasteiger charge is 2.24. The van der Waals surface area contributed by atoms with Crippen LogP contribution in [-0.4, -0.2) is 21.1 Å². The summed E-state index contributed by atoms with van der Waals surface area (Å²) in [5, 5.41) is 2.58. The molecule has 1 aliphatic rings. The van der Waals surface area contributed by atoms with Crippen LogP contribution in [0.2, 0.25) is 0 Å². The van der Waals surface area contributed by atoms with E-state index in [0.29, 0.717) is 12.2 Å². The standard InChI is InChI=1S/C16H16N2O4S/c1-11-3-2-4-14(9-11)23(20,21)18-13-7-5-12(6-8-13)15-10-17-16(19)22-15/h2-9,15,18H,10H2,1H3,(H,17,19). The Morgan fingerprint density at radius 1 is 1.17 bits per heavy atom. The van der Waals surface area contributed by atoms with Crippen molar-refractivity contribution in [3.8, 4) is 0 Å². The van der Waals surface area contributed by atoms with Gasteiger partial charge in [0.15, 0.2) is 0 Å². The van der Waals surface area contributed by atoms with Crippen molar-refractivity contribution in [3.63, 3.8) is 0 Å². The number of cyclic esters (lactones) is 1. The second kappa shape index (κ2) is 5.92. The van der Waals surface area contributed by atoms with E-state index in [9.17, 15) is 13.2 Å². The fourth-order valence-corrected chi connectivity index (χ4v) is 3.50. The number of hydrogen-bond donors (Lipinski definition) is 2. The van der Waals surface area contributed by atoms with E-state index in [1.807, 2.05) is 13.0 Å². The molecule has 120 valence electrons. The molecule has 3 rings (SSSR count). The van der Waals surface area contributed by atoms with Crippen LogP contribution in [0.1, 0.15) is 17.2 Å². The molecule has 1 fully saturated rings. The first-order valence-corrected chi connectivity index (χ1v) is 8.56. The second-order valence-electron chi connectivity index (χ2n) is 5.32. The Balaban J connectivity index is 1.76. The van der Waals surface area contributed by atoms with Gasteiger partial charge in [-0.1, -0.05) is 24.3 Å². The highest BCUT2D eigenvalue weighted by atomic mass is 32.2. The number of hydrogen-bond acceptors (Lipinski definition) is 4. The molecular weight excluding hydrogens is 316 g/mol. The highest BCUT2D eigenvalue weighted by molar-refractivity contribution is 7.92. The Morgan fingerprint density at radius 2 is 1.91 bits per heavy atom. The Hall–Kier alpha value is -2.54. The molecule has 0 saturated carbocycles. The molecule has 1 aliphatic heterocycles. The molecule has 0 spiro atoms. The minimum atomic E-state index is -3.62. The summed E-state index contributed by atoms with van der Waals surface area (Å²) in [7, 11) is -3.62. The van der Waals surface area contributed by atoms with Gasteiger partial charge in [-0.2, -0.15) is 0 Å². The summed E-state index contributed by atoms with van der Waals surface area (Å²) in [5.41, 5.74) is 2.13. The summed E-state index contributed by atoms with van der Waals surface area (Å²) in [4.78, 5) is 11.3. The van der Waals surface area contributed by atoms with E-state index in [2.05, 4.69) is 10.0 Å². The van der Waals surface area contributed by atoms with Gasteiger partial charge >= 0.3 is 6.09 Å². The lowest BCUT2D eigenvalue weighted by Crippen LogP contribution is -2.13. The van der Waals surface area contributed by atoms with Crippen LogP contribution in [-0.2, 0) is 14.8 Å². The zero-order valence-corrected chi connectivity index (χ0v) is 13.3. The van der Waals surface area contributed by atoms with Crippen molar-refractivity contribution in [2.75, 3.05) is 11.3 Å². The molecule has 1 saturated heterocycles. The summed E-state index contributed by atoms with van der Waals surface area (Å²) in [5.74, 6) is 0. The predicted octanol–water partition coefficient (Wildman–Crippen LogP) is 2.58. The van der Waals surface area contributed by atoms with E-state index >= 15 is 0 Å². The van der Waals surface area contributed by atoms with Crippen molar-refractivity contribution in [2.45, 2.75) is 17.9 Å². The number of benzene rings is 2. The lowest BCUT2D eigenvalue weighted by molar-refractivity contribution is 0.141. The minimum Gasteiger partial charge on any atom is -0.439 e. The first-order chi connectivity index (χ1) is 10.9. The molecule has 1 heterocycles. The van der Waals surface area contributed by atoms with Crippen LogP contribution in [0.3, 0.4) is 0 Å². The van der Waals surface area contributed by atoms with E-state index in [0.717, 1.165) is 11.1 Å². The molecule has 0 bridgehead atoms. The number of anilines is 1. The van der Waals surface area contributed by atoms with E-state index in [1.54, 1.807) is 42.5 Å². The van der Waals surface area contributed by atoms with Gasteiger partial charge in [0.2, 0.25) is 0 Å². The van der Waals surface area contributed by atoms with Crippen molar-refractivity contribution in [1.82, 2.24) is 5.32 Å². The fourth-order valence-electron chi connectivity index (χ4n) is 2.34. The topological polar surface area (TPSA) is 84.5 Å². The molecule has 7 heteroatoms. The number of carbonyl (C=O) groups is 1. The molecular formula is C16H16N2O4S. The van der Waals surface area contributed by atoms with E-state index < -0.39 is 16.1 Å². The minimum absolute atomic E-state index is 0.218. The van der Waals surface area contributed by atoms with Crippen LogP contribution in [0.15, 0.2) is 53.4 Å². The number of sulfonamides is 1. The molecule has 1 atom stereocenters. The summed E-state index contributed by atoms with van der Waals surface area (Å²) >= 11 is 0. The third-order valence-corrected chi connectivity index (χ3v) is 4.89. The molecule has 1 amide bonds. The maximum Gasteiger partial charge on any atom is 0.407 e. The molecule has 0 radical (unpaired) electrons. The molecule has 2 aromatic rings. The number of aryl methyl sites for hydroxylation is 1. The van der Waals surface area contributed by atoms with E-state index in [4.69, 9.17) is 4.74 Å². The summed E-state index contributed by atoms with van der Waals surface area (Å²) in [6.45, 7) is 2.25. The molecule has 2 N–H and O–H groups in total. The molecule has 1 unspecified atom stereocenters. The fraction of sp³-hybridized carbons (Fsp3) is 0.188. The number of rotatable bonds is 4. The Labute approximate surface area is 134 Å². The average Bonchev–Trinajstić information content (AvgIpc) is 2.94. The summed E-state index contributed by atoms with van der Waals surface area (Å²) in [6, 6.07) is 13.5. The van der Waals surface area contributed by atoms with Gasteiger partial charge < -0.3 is 10.1 Å². The van der Waals surface area contributed by atoms with Crippen LogP contribution >= 0.6 is 0 Å². The van der Waals surface area contributed by atoms with Crippen molar-refractivity contribution in [1.29, 1.82) is 0 Å². The highest BCUT2D eigenvalue weighted by Crippen LogP contribution is 2.23. The largest absolute Gasteiger partial charge is 0.439 e. The second-order valence-corrected chi connectivity index (χ2v) is 7.00. The average molecular weight is 332 g/mol. The number of nitrogens with one attached hydrogen (secondary N) is 2. The van der Waals surface area contributed by atoms with Gasteiger partial charge in [-0.25, -0.2) is 13.2 Å². The van der Waals surface area contributed by atoms with Crippen molar-refractivity contribution < 1.29 is 17.9 Å². The van der Waals surface area contributed by atoms with Gasteiger partial charge in [-0.15, -0.1) is 0 Å². The summed E-state index contributed by atoms with van der Waals surface area (Å²) in [6.07, 6.45) is -0.788. The third-order valence-electron chi connectivity index (χ3n) is 3.52. The van der Waals surface area contributed by atoms with Gasteiger partial charge in [0.1, 0.15) is 6.10 Å². The predicted molar refractivity (Wildman–Crippen MR) is 85.7 cm³/mol. The number of carbonyl (C=O) groups excluding carboxylic acids is 1. The first kappa shape index (κ1) is 15.4. The third kappa shape index (κ3) is 3.45. The smallest absolute Gasteiger partial charge is 0.407 e. The van der Waals surface area contributed by atoms with Crippen molar-refractivity contribution in [3.05, 3.63) is 59.7 Å². The maximum atomic E-state index is 12.3. The summed E-state index contributed by atoms with van der Waals surface area (Å²) < 4.78 is 32.3. The quantitative estimate of drug-likeness (QED) is 0.901. The van der Waals surface area contributed by atoms with Crippen molar-refractivity contribution >= 4 is 21.8 Å². The first-order valence-electron chi connectivity index (χ1n) is 7.08. The zero-order valence-electron chi connectivity index (χ0n) is 12.4. The monoisotopic (exact) mass is 332 g/mol. The number of amides is 1. The Morgan fingerprint density at radius 3 is 2.52 bits per heavy atom. The van der Waals surface area contributed by atoms with Gasteiger partial charge in [-0.05, 0) is 42.3 Å². The van der Waals surface area contributed by atoms with E-state index in [1.165, 1.54) is 0 Å². The van der Waals surface area contributed by atoms with Gasteiger partial charge in [0.05, 0.1) is 11.4 Å². The lowest BCUT2D eigenvalue weighted by atomic mass is 10.1. The van der Waals surface area contributed by atoms with Crippen LogP contribution in [0, 0.1) is 6.92 Å². The van der Waals surface area contributed by atoms with Crippen LogP contribution in [0.4, 0.5) is 10.5 Å². The molecule has 0 aromatic heterocycles. The molecule has 23 heavy (non-hydrogen) atoms. The van der Waals surface area contributed by atoms with Gasteiger partial charge in [0, 0.05) is 5.69 Å².